The van der Waals surface area contributed by atoms with Crippen molar-refractivity contribution in [2.75, 3.05) is 12.4 Å². The molecule has 0 aliphatic rings. The van der Waals surface area contributed by atoms with E-state index < -0.39 is 0 Å². The number of hydrogen-bond acceptors (Lipinski definition) is 4. The highest BCUT2D eigenvalue weighted by Gasteiger charge is 2.17. The van der Waals surface area contributed by atoms with Crippen LogP contribution in [0.3, 0.4) is 0 Å². The Morgan fingerprint density at radius 2 is 1.67 bits per heavy atom. The number of fused-ring (bicyclic) bond motifs is 1. The Bertz CT molecular complexity index is 1230. The Labute approximate surface area is 174 Å². The summed E-state index contributed by atoms with van der Waals surface area (Å²) in [6.45, 7) is 0. The first kappa shape index (κ1) is 19.4. The minimum absolute atomic E-state index is 0.112. The minimum atomic E-state index is -0.291. The first-order valence-electron chi connectivity index (χ1n) is 9.55. The Morgan fingerprint density at radius 1 is 0.967 bits per heavy atom. The van der Waals surface area contributed by atoms with E-state index in [1.54, 1.807) is 55.6 Å². The molecule has 4 rings (SSSR count). The number of Topliss-reactive ketones (excluding diaryl/α,β-unsaturated/α-hetero) is 1. The summed E-state index contributed by atoms with van der Waals surface area (Å²) in [5, 5.41) is 2.84. The number of rotatable bonds is 6. The second-order valence-corrected chi connectivity index (χ2v) is 6.90. The lowest BCUT2D eigenvalue weighted by Crippen LogP contribution is -2.16. The van der Waals surface area contributed by atoms with Crippen molar-refractivity contribution in [2.24, 2.45) is 7.05 Å². The number of carbonyl (C=O) groups is 2. The molecule has 6 nitrogen and oxygen atoms in total. The molecule has 0 saturated carbocycles. The van der Waals surface area contributed by atoms with Gasteiger partial charge in [-0.25, -0.2) is 4.98 Å². The highest BCUT2D eigenvalue weighted by Crippen LogP contribution is 2.21. The van der Waals surface area contributed by atoms with Gasteiger partial charge >= 0.3 is 0 Å². The van der Waals surface area contributed by atoms with Crippen LogP contribution in [0.15, 0.2) is 72.8 Å². The number of ketones is 1. The molecule has 150 valence electrons. The van der Waals surface area contributed by atoms with Crippen LogP contribution in [0.2, 0.25) is 0 Å². The quantitative estimate of drug-likeness (QED) is 0.492. The molecule has 1 heterocycles. The van der Waals surface area contributed by atoms with Crippen LogP contribution in [0.1, 0.15) is 26.5 Å². The number of ether oxygens (including phenoxy) is 1. The Balaban J connectivity index is 1.56. The molecule has 0 fully saturated rings. The normalized spacial score (nSPS) is 10.7. The molecule has 0 unspecified atom stereocenters. The van der Waals surface area contributed by atoms with Gasteiger partial charge in [-0.2, -0.15) is 0 Å². The van der Waals surface area contributed by atoms with Gasteiger partial charge in [-0.1, -0.05) is 24.3 Å². The molecular weight excluding hydrogens is 378 g/mol. The first-order valence-corrected chi connectivity index (χ1v) is 9.55. The number of amides is 1. The van der Waals surface area contributed by atoms with Crippen molar-refractivity contribution in [1.82, 2.24) is 9.55 Å². The Morgan fingerprint density at radius 3 is 2.40 bits per heavy atom. The number of nitrogens with one attached hydrogen (secondary N) is 1. The predicted octanol–water partition coefficient (Wildman–Crippen LogP) is 4.26. The molecule has 0 radical (unpaired) electrons. The molecule has 0 atom stereocenters. The van der Waals surface area contributed by atoms with Crippen LogP contribution >= 0.6 is 0 Å². The van der Waals surface area contributed by atoms with Gasteiger partial charge in [0, 0.05) is 18.2 Å². The van der Waals surface area contributed by atoms with Gasteiger partial charge in [-0.15, -0.1) is 0 Å². The predicted molar refractivity (Wildman–Crippen MR) is 116 cm³/mol. The summed E-state index contributed by atoms with van der Waals surface area (Å²) in [6, 6.07) is 21.6. The average molecular weight is 399 g/mol. The molecule has 1 aromatic heterocycles. The topological polar surface area (TPSA) is 73.2 Å². The van der Waals surface area contributed by atoms with E-state index in [1.165, 1.54) is 0 Å². The van der Waals surface area contributed by atoms with Gasteiger partial charge in [0.15, 0.2) is 5.78 Å². The van der Waals surface area contributed by atoms with E-state index in [1.807, 2.05) is 35.9 Å². The molecule has 1 N–H and O–H groups in total. The summed E-state index contributed by atoms with van der Waals surface area (Å²) < 4.78 is 7.04. The lowest BCUT2D eigenvalue weighted by Gasteiger charge is -2.11. The second kappa shape index (κ2) is 8.21. The molecule has 0 spiro atoms. The van der Waals surface area contributed by atoms with Crippen LogP contribution in [0.25, 0.3) is 11.0 Å². The van der Waals surface area contributed by atoms with Gasteiger partial charge in [0.1, 0.15) is 11.6 Å². The largest absolute Gasteiger partial charge is 0.497 e. The van der Waals surface area contributed by atoms with Crippen LogP contribution < -0.4 is 10.1 Å². The number of nitrogens with zero attached hydrogens (tertiary/aromatic N) is 2. The molecule has 6 heteroatoms. The van der Waals surface area contributed by atoms with Crippen LogP contribution in [-0.2, 0) is 13.5 Å². The summed E-state index contributed by atoms with van der Waals surface area (Å²) in [6.07, 6.45) is 0.139. The third-order valence-electron chi connectivity index (χ3n) is 5.03. The van der Waals surface area contributed by atoms with Crippen molar-refractivity contribution < 1.29 is 14.3 Å². The van der Waals surface area contributed by atoms with Crippen molar-refractivity contribution in [2.45, 2.75) is 6.42 Å². The van der Waals surface area contributed by atoms with Crippen molar-refractivity contribution in [1.29, 1.82) is 0 Å². The smallest absolute Gasteiger partial charge is 0.255 e. The molecule has 0 bridgehead atoms. The fourth-order valence-electron chi connectivity index (χ4n) is 3.36. The molecule has 0 saturated heterocycles. The number of para-hydroxylation sites is 3. The van der Waals surface area contributed by atoms with E-state index >= 15 is 0 Å². The number of anilines is 1. The van der Waals surface area contributed by atoms with Crippen LogP contribution in [0.5, 0.6) is 5.75 Å². The molecule has 4 aromatic rings. The highest BCUT2D eigenvalue weighted by atomic mass is 16.5. The first-order chi connectivity index (χ1) is 14.6. The van der Waals surface area contributed by atoms with E-state index in [9.17, 15) is 9.59 Å². The van der Waals surface area contributed by atoms with Crippen LogP contribution in [0.4, 0.5) is 5.69 Å². The van der Waals surface area contributed by atoms with Gasteiger partial charge in [-0.05, 0) is 48.5 Å². The van der Waals surface area contributed by atoms with Gasteiger partial charge in [0.25, 0.3) is 5.91 Å². The van der Waals surface area contributed by atoms with Crippen molar-refractivity contribution in [3.63, 3.8) is 0 Å². The highest BCUT2D eigenvalue weighted by molar-refractivity contribution is 6.09. The summed E-state index contributed by atoms with van der Waals surface area (Å²) in [5.41, 5.74) is 3.23. The number of methoxy groups -OCH3 is 1. The standard InChI is InChI=1S/C24H21N3O3/c1-27-21-10-6-5-9-20(21)25-23(27)15-22(28)18-7-3-4-8-19(18)26-24(29)16-11-13-17(30-2)14-12-16/h3-14H,15H2,1-2H3,(H,26,29). The maximum atomic E-state index is 13.0. The summed E-state index contributed by atoms with van der Waals surface area (Å²) >= 11 is 0. The summed E-state index contributed by atoms with van der Waals surface area (Å²) in [7, 11) is 3.47. The number of aromatic nitrogens is 2. The van der Waals surface area contributed by atoms with E-state index in [0.29, 0.717) is 28.4 Å². The van der Waals surface area contributed by atoms with Crippen molar-refractivity contribution in [3.8, 4) is 5.75 Å². The van der Waals surface area contributed by atoms with Gasteiger partial charge in [0.05, 0.1) is 30.3 Å². The molecule has 3 aromatic carbocycles. The Hall–Kier alpha value is -3.93. The third-order valence-corrected chi connectivity index (χ3v) is 5.03. The fourth-order valence-corrected chi connectivity index (χ4v) is 3.36. The number of imidazole rings is 1. The van der Waals surface area contributed by atoms with Crippen LogP contribution in [0, 0.1) is 0 Å². The number of benzene rings is 3. The summed E-state index contributed by atoms with van der Waals surface area (Å²) in [5.74, 6) is 0.946. The lowest BCUT2D eigenvalue weighted by atomic mass is 10.1. The molecule has 1 amide bonds. The van der Waals surface area contributed by atoms with Crippen LogP contribution in [-0.4, -0.2) is 28.4 Å². The Kier molecular flexibility index (Phi) is 5.30. The van der Waals surface area contributed by atoms with E-state index in [2.05, 4.69) is 10.3 Å². The van der Waals surface area contributed by atoms with Crippen molar-refractivity contribution in [3.05, 3.63) is 89.7 Å². The van der Waals surface area contributed by atoms with Gasteiger partial charge in [0.2, 0.25) is 0 Å². The minimum Gasteiger partial charge on any atom is -0.497 e. The number of carbonyl (C=O) groups excluding carboxylic acids is 2. The monoisotopic (exact) mass is 399 g/mol. The van der Waals surface area contributed by atoms with Gasteiger partial charge in [-0.3, -0.25) is 9.59 Å². The van der Waals surface area contributed by atoms with E-state index in [4.69, 9.17) is 4.74 Å². The zero-order valence-corrected chi connectivity index (χ0v) is 16.8. The van der Waals surface area contributed by atoms with E-state index in [-0.39, 0.29) is 18.1 Å². The zero-order valence-electron chi connectivity index (χ0n) is 16.8. The molecule has 30 heavy (non-hydrogen) atoms. The second-order valence-electron chi connectivity index (χ2n) is 6.90. The van der Waals surface area contributed by atoms with Crippen molar-refractivity contribution >= 4 is 28.4 Å². The number of hydrogen-bond donors (Lipinski definition) is 1. The maximum Gasteiger partial charge on any atom is 0.255 e. The SMILES string of the molecule is COc1ccc(C(=O)Nc2ccccc2C(=O)Cc2nc3ccccc3n2C)cc1. The molecule has 0 aliphatic heterocycles. The lowest BCUT2D eigenvalue weighted by molar-refractivity contribution is 0.0991. The van der Waals surface area contributed by atoms with Gasteiger partial charge < -0.3 is 14.6 Å². The number of aryl methyl sites for hydroxylation is 1. The zero-order chi connectivity index (χ0) is 21.1. The fraction of sp³-hybridized carbons (Fsp3) is 0.125. The third kappa shape index (κ3) is 3.80. The average Bonchev–Trinajstić information content (AvgIpc) is 3.09. The molecular formula is C24H21N3O3. The maximum absolute atomic E-state index is 13.0. The molecule has 0 aliphatic carbocycles. The van der Waals surface area contributed by atoms with E-state index in [0.717, 1.165) is 11.0 Å². The summed E-state index contributed by atoms with van der Waals surface area (Å²) in [4.78, 5) is 30.3.